The van der Waals surface area contributed by atoms with E-state index < -0.39 is 55.2 Å². The highest BCUT2D eigenvalue weighted by Crippen LogP contribution is 2.54. The van der Waals surface area contributed by atoms with Crippen LogP contribution in [0.4, 0.5) is 61.5 Å². The molecule has 0 amide bonds. The molecule has 1 unspecified atom stereocenters. The van der Waals surface area contributed by atoms with Gasteiger partial charge in [0, 0.05) is 6.42 Å². The smallest absolute Gasteiger partial charge is 0.351 e. The molecular formula is C10H8F14O3. The average Bonchev–Trinajstić information content (AvgIpc) is 2.32. The lowest BCUT2D eigenvalue weighted by atomic mass is 10.2. The van der Waals surface area contributed by atoms with Crippen LogP contribution >= 0.6 is 0 Å². The Hall–Kier alpha value is -1.10. The van der Waals surface area contributed by atoms with Crippen molar-refractivity contribution in [3.05, 3.63) is 0 Å². The number of hydrogen-bond acceptors (Lipinski definition) is 3. The van der Waals surface area contributed by atoms with E-state index in [4.69, 9.17) is 5.11 Å². The van der Waals surface area contributed by atoms with Crippen LogP contribution < -0.4 is 0 Å². The van der Waals surface area contributed by atoms with Crippen molar-refractivity contribution in [2.45, 2.75) is 62.2 Å². The fourth-order valence-electron chi connectivity index (χ4n) is 1.36. The predicted molar refractivity (Wildman–Crippen MR) is 53.9 cm³/mol. The highest BCUT2D eigenvalue weighted by molar-refractivity contribution is 4.93. The largest absolute Gasteiger partial charge is 0.458 e. The Morgan fingerprint density at radius 3 is 1.26 bits per heavy atom. The summed E-state index contributed by atoms with van der Waals surface area (Å²) in [5.74, 6) is -14.3. The molecule has 0 radical (unpaired) electrons. The van der Waals surface area contributed by atoms with Crippen molar-refractivity contribution in [2.24, 2.45) is 0 Å². The monoisotopic (exact) mass is 442 g/mol. The summed E-state index contributed by atoms with van der Waals surface area (Å²) in [6.45, 7) is 0.811. The Morgan fingerprint density at radius 2 is 1.00 bits per heavy atom. The quantitative estimate of drug-likeness (QED) is 0.444. The highest BCUT2D eigenvalue weighted by Gasteiger charge is 2.83. The molecule has 0 saturated heterocycles. The van der Waals surface area contributed by atoms with Gasteiger partial charge in [-0.3, -0.25) is 9.47 Å². The maximum absolute atomic E-state index is 13.7. The van der Waals surface area contributed by atoms with Crippen molar-refractivity contribution < 1.29 is 76.0 Å². The Kier molecular flexibility index (Phi) is 6.77. The third-order valence-corrected chi connectivity index (χ3v) is 2.61. The zero-order valence-corrected chi connectivity index (χ0v) is 12.5. The summed E-state index contributed by atoms with van der Waals surface area (Å²) in [5, 5.41) is 8.32. The summed E-state index contributed by atoms with van der Waals surface area (Å²) in [5.41, 5.74) is 0. The average molecular weight is 442 g/mol. The second kappa shape index (κ2) is 7.06. The van der Waals surface area contributed by atoms with Crippen molar-refractivity contribution >= 4 is 0 Å². The van der Waals surface area contributed by atoms with Crippen LogP contribution in [0.15, 0.2) is 0 Å². The van der Waals surface area contributed by atoms with Crippen LogP contribution in [0.1, 0.15) is 19.8 Å². The van der Waals surface area contributed by atoms with Gasteiger partial charge < -0.3 is 5.11 Å². The van der Waals surface area contributed by atoms with Crippen LogP contribution in [-0.2, 0) is 9.47 Å². The van der Waals surface area contributed by atoms with Crippen molar-refractivity contribution in [1.82, 2.24) is 0 Å². The first-order valence-electron chi connectivity index (χ1n) is 6.25. The molecule has 0 aromatic carbocycles. The summed E-state index contributed by atoms with van der Waals surface area (Å²) < 4.78 is 181. The first-order valence-corrected chi connectivity index (χ1v) is 6.25. The van der Waals surface area contributed by atoms with E-state index in [9.17, 15) is 61.5 Å². The van der Waals surface area contributed by atoms with Crippen molar-refractivity contribution in [2.75, 3.05) is 0 Å². The molecule has 0 rings (SSSR count). The molecule has 0 fully saturated rings. The van der Waals surface area contributed by atoms with Gasteiger partial charge in [-0.15, -0.1) is 0 Å². The summed E-state index contributed by atoms with van der Waals surface area (Å²) in [6, 6.07) is 0. The van der Waals surface area contributed by atoms with E-state index in [1.807, 2.05) is 0 Å². The maximum atomic E-state index is 13.7. The molecule has 0 aliphatic carbocycles. The summed E-state index contributed by atoms with van der Waals surface area (Å²) in [6.07, 6.45) is -37.5. The van der Waals surface area contributed by atoms with Crippen molar-refractivity contribution in [3.63, 3.8) is 0 Å². The van der Waals surface area contributed by atoms with E-state index in [0.29, 0.717) is 0 Å². The molecule has 3 nitrogen and oxygen atoms in total. The molecule has 0 aromatic heterocycles. The van der Waals surface area contributed by atoms with Crippen molar-refractivity contribution in [1.29, 1.82) is 0 Å². The second-order valence-electron chi connectivity index (χ2n) is 4.84. The predicted octanol–water partition coefficient (Wildman–Crippen LogP) is 5.05. The van der Waals surface area contributed by atoms with Gasteiger partial charge in [0.15, 0.2) is 0 Å². The molecule has 0 aliphatic heterocycles. The molecule has 0 heterocycles. The second-order valence-corrected chi connectivity index (χ2v) is 4.84. The minimum absolute atomic E-state index is 0.811. The van der Waals surface area contributed by atoms with E-state index in [2.05, 4.69) is 4.74 Å². The van der Waals surface area contributed by atoms with Crippen LogP contribution in [0.5, 0.6) is 0 Å². The van der Waals surface area contributed by atoms with Crippen molar-refractivity contribution in [3.8, 4) is 0 Å². The minimum atomic E-state index is -7.44. The van der Waals surface area contributed by atoms with Gasteiger partial charge in [-0.05, 0) is 6.42 Å². The fourth-order valence-corrected chi connectivity index (χ4v) is 1.36. The molecule has 0 aromatic rings. The van der Waals surface area contributed by atoms with Crippen LogP contribution in [0.2, 0.25) is 0 Å². The fraction of sp³-hybridized carbons (Fsp3) is 1.00. The van der Waals surface area contributed by atoms with Gasteiger partial charge in [0.25, 0.3) is 0 Å². The van der Waals surface area contributed by atoms with Gasteiger partial charge in [-0.1, -0.05) is 6.92 Å². The summed E-state index contributed by atoms with van der Waals surface area (Å²) in [4.78, 5) is 0. The van der Waals surface area contributed by atoms with Crippen LogP contribution in [0.25, 0.3) is 0 Å². The molecule has 0 saturated carbocycles. The Morgan fingerprint density at radius 1 is 0.630 bits per heavy atom. The number of aliphatic hydroxyl groups is 1. The molecule has 164 valence electrons. The highest BCUT2D eigenvalue weighted by atomic mass is 19.4. The molecule has 0 spiro atoms. The number of halogens is 14. The minimum Gasteiger partial charge on any atom is -0.351 e. The zero-order chi connectivity index (χ0) is 22.3. The molecule has 0 bridgehead atoms. The van der Waals surface area contributed by atoms with E-state index in [1.165, 1.54) is 0 Å². The number of hydrogen-bond donors (Lipinski definition) is 1. The number of ether oxygens (including phenoxy) is 2. The maximum Gasteiger partial charge on any atom is 0.458 e. The Bertz CT molecular complexity index is 493. The molecule has 0 aliphatic rings. The number of rotatable bonds is 7. The van der Waals surface area contributed by atoms with Gasteiger partial charge in [0.2, 0.25) is 0 Å². The number of alkyl halides is 14. The first-order chi connectivity index (χ1) is 11.5. The molecule has 27 heavy (non-hydrogen) atoms. The zero-order valence-electron chi connectivity index (χ0n) is 12.5. The Balaban J connectivity index is 6.35. The van der Waals surface area contributed by atoms with Gasteiger partial charge in [-0.2, -0.15) is 61.5 Å². The molecular weight excluding hydrogens is 434 g/mol. The topological polar surface area (TPSA) is 38.7 Å². The molecule has 17 heteroatoms. The van der Waals surface area contributed by atoms with E-state index >= 15 is 0 Å². The van der Waals surface area contributed by atoms with Gasteiger partial charge >= 0.3 is 42.4 Å². The lowest BCUT2D eigenvalue weighted by molar-refractivity contribution is -0.562. The third kappa shape index (κ3) is 5.04. The molecule has 1 atom stereocenters. The third-order valence-electron chi connectivity index (χ3n) is 2.61. The van der Waals surface area contributed by atoms with Crippen LogP contribution in [0.3, 0.4) is 0 Å². The summed E-state index contributed by atoms with van der Waals surface area (Å²) >= 11 is 0. The van der Waals surface area contributed by atoms with Gasteiger partial charge in [0.05, 0.1) is 0 Å². The van der Waals surface area contributed by atoms with E-state index in [1.54, 1.807) is 4.74 Å². The lowest BCUT2D eigenvalue weighted by Gasteiger charge is -2.40. The first kappa shape index (κ1) is 25.9. The SMILES string of the molecule is CCCC(F)(F)OC(F)(C(F)(F)F)C(F)(F)OC(O)(C(F)(F)F)C(F)(F)F. The molecule has 1 N–H and O–H groups in total. The van der Waals surface area contributed by atoms with E-state index in [0.717, 1.165) is 6.92 Å². The van der Waals surface area contributed by atoms with Crippen LogP contribution in [-0.4, -0.2) is 47.5 Å². The normalized spacial score (nSPS) is 17.8. The summed E-state index contributed by atoms with van der Waals surface area (Å²) in [7, 11) is 0. The van der Waals surface area contributed by atoms with E-state index in [-0.39, 0.29) is 0 Å². The van der Waals surface area contributed by atoms with Crippen LogP contribution in [0, 0.1) is 0 Å². The van der Waals surface area contributed by atoms with Gasteiger partial charge in [0.1, 0.15) is 0 Å². The van der Waals surface area contributed by atoms with Gasteiger partial charge in [-0.25, -0.2) is 0 Å². The lowest BCUT2D eigenvalue weighted by Crippen LogP contribution is -2.68. The Labute approximate surface area is 139 Å². The standard InChI is InChI=1S/C10H8F14O3/c1-2-3-4(11,12)26-5(13,7(14,15)16)10(23,24)27-6(25,8(17,18)19)9(20,21)22/h25H,2-3H2,1H3.